The molecule has 3 aromatic rings. The summed E-state index contributed by atoms with van der Waals surface area (Å²) in [6, 6.07) is 10.9. The van der Waals surface area contributed by atoms with Crippen LogP contribution in [-0.4, -0.2) is 67.0 Å². The maximum atomic E-state index is 13.5. The smallest absolute Gasteiger partial charge is 0.337 e. The van der Waals surface area contributed by atoms with E-state index in [2.05, 4.69) is 15.2 Å². The lowest BCUT2D eigenvalue weighted by atomic mass is 10.1. The van der Waals surface area contributed by atoms with Gasteiger partial charge < -0.3 is 14.8 Å². The summed E-state index contributed by atoms with van der Waals surface area (Å²) in [5, 5.41) is 4.80. The fourth-order valence-corrected chi connectivity index (χ4v) is 5.37. The van der Waals surface area contributed by atoms with Crippen molar-refractivity contribution in [3.05, 3.63) is 70.6 Å². The van der Waals surface area contributed by atoms with Gasteiger partial charge in [0.15, 0.2) is 16.0 Å². The molecule has 1 aliphatic heterocycles. The molecule has 1 N–H and O–H groups in total. The second-order valence-electron chi connectivity index (χ2n) is 8.14. The average Bonchev–Trinajstić information content (AvgIpc) is 3.37. The fraction of sp³-hybridized carbons (Fsp3) is 0.320. The number of ether oxygens (including phenoxy) is 2. The summed E-state index contributed by atoms with van der Waals surface area (Å²) < 4.78 is 37.8. The second-order valence-corrected chi connectivity index (χ2v) is 10.2. The summed E-state index contributed by atoms with van der Waals surface area (Å²) in [6.45, 7) is 2.61. The molecule has 0 spiro atoms. The Morgan fingerprint density at radius 2 is 2.03 bits per heavy atom. The molecule has 1 amide bonds. The average molecular weight is 534 g/mol. The number of esters is 1. The number of thioether (sulfide) groups is 1. The molecule has 0 radical (unpaired) electrons. The zero-order chi connectivity index (χ0) is 25.5. The number of carbonyl (C=O) groups is 2. The van der Waals surface area contributed by atoms with Crippen molar-refractivity contribution in [1.82, 2.24) is 15.2 Å². The van der Waals surface area contributed by atoms with Crippen molar-refractivity contribution >= 4 is 35.0 Å². The van der Waals surface area contributed by atoms with Crippen LogP contribution in [0.1, 0.15) is 15.9 Å². The van der Waals surface area contributed by atoms with Crippen molar-refractivity contribution in [1.29, 1.82) is 0 Å². The lowest BCUT2D eigenvalue weighted by Gasteiger charge is -2.33. The van der Waals surface area contributed by atoms with E-state index in [-0.39, 0.29) is 17.8 Å². The standard InChI is InChI=1S/C25H25F2N3O4S2/c1-33-24(32)18-5-3-17(4-6-18)22-14-35-25(29-22)36-15-23(31)28-11-19-13-30(8-9-34-19)12-16-2-7-20(26)21(27)10-16/h2-7,10,14,19H,8-9,11-13,15H2,1H3,(H,28,31). The molecule has 2 aromatic carbocycles. The third-order valence-corrected chi connectivity index (χ3v) is 7.57. The molecular weight excluding hydrogens is 508 g/mol. The molecule has 2 heterocycles. The SMILES string of the molecule is COC(=O)c1ccc(-c2csc(SCC(=O)NCC3CN(Cc4ccc(F)c(F)c4)CCO3)n2)cc1. The Kier molecular flexibility index (Phi) is 9.03. The van der Waals surface area contributed by atoms with Crippen LogP contribution in [0, 0.1) is 11.6 Å². The van der Waals surface area contributed by atoms with Gasteiger partial charge in [0.25, 0.3) is 0 Å². The maximum Gasteiger partial charge on any atom is 0.337 e. The molecule has 0 bridgehead atoms. The Balaban J connectivity index is 1.20. The lowest BCUT2D eigenvalue weighted by molar-refractivity contribution is -0.119. The molecule has 7 nitrogen and oxygen atoms in total. The summed E-state index contributed by atoms with van der Waals surface area (Å²) >= 11 is 2.80. The van der Waals surface area contributed by atoms with Gasteiger partial charge in [0, 0.05) is 37.1 Å². The van der Waals surface area contributed by atoms with E-state index in [0.29, 0.717) is 43.9 Å². The van der Waals surface area contributed by atoms with Gasteiger partial charge in [-0.25, -0.2) is 18.6 Å². The lowest BCUT2D eigenvalue weighted by Crippen LogP contribution is -2.47. The van der Waals surface area contributed by atoms with E-state index in [0.717, 1.165) is 21.7 Å². The van der Waals surface area contributed by atoms with Gasteiger partial charge >= 0.3 is 5.97 Å². The van der Waals surface area contributed by atoms with E-state index in [1.54, 1.807) is 18.2 Å². The number of nitrogens with zero attached hydrogens (tertiary/aromatic N) is 2. The van der Waals surface area contributed by atoms with Gasteiger partial charge in [-0.05, 0) is 29.8 Å². The fourth-order valence-electron chi connectivity index (χ4n) is 3.70. The van der Waals surface area contributed by atoms with Crippen LogP contribution in [0.5, 0.6) is 0 Å². The van der Waals surface area contributed by atoms with Gasteiger partial charge in [-0.2, -0.15) is 0 Å². The van der Waals surface area contributed by atoms with Crippen molar-refractivity contribution in [2.75, 3.05) is 39.1 Å². The number of nitrogens with one attached hydrogen (secondary N) is 1. The highest BCUT2D eigenvalue weighted by Crippen LogP contribution is 2.28. The second kappa shape index (κ2) is 12.4. The molecule has 1 atom stereocenters. The number of halogens is 2. The largest absolute Gasteiger partial charge is 0.465 e. The first-order chi connectivity index (χ1) is 17.4. The van der Waals surface area contributed by atoms with Crippen LogP contribution in [0.2, 0.25) is 0 Å². The molecule has 1 aromatic heterocycles. The summed E-state index contributed by atoms with van der Waals surface area (Å²) in [5.41, 5.74) is 2.81. The van der Waals surface area contributed by atoms with Crippen LogP contribution in [0.4, 0.5) is 8.78 Å². The first kappa shape index (κ1) is 26.2. The van der Waals surface area contributed by atoms with Crippen LogP contribution in [-0.2, 0) is 20.8 Å². The number of aromatic nitrogens is 1. The molecule has 4 rings (SSSR count). The van der Waals surface area contributed by atoms with E-state index in [4.69, 9.17) is 9.47 Å². The minimum atomic E-state index is -0.859. The molecule has 1 saturated heterocycles. The quantitative estimate of drug-likeness (QED) is 0.329. The minimum absolute atomic E-state index is 0.125. The molecule has 0 aliphatic carbocycles. The molecule has 1 fully saturated rings. The topological polar surface area (TPSA) is 80.8 Å². The van der Waals surface area contributed by atoms with Crippen LogP contribution in [0.25, 0.3) is 11.3 Å². The molecular formula is C25H25F2N3O4S2. The zero-order valence-corrected chi connectivity index (χ0v) is 21.2. The van der Waals surface area contributed by atoms with Crippen molar-refractivity contribution in [2.45, 2.75) is 17.0 Å². The normalized spacial score (nSPS) is 16.0. The van der Waals surface area contributed by atoms with E-state index in [1.165, 1.54) is 36.3 Å². The minimum Gasteiger partial charge on any atom is -0.465 e. The van der Waals surface area contributed by atoms with Crippen molar-refractivity contribution in [3.63, 3.8) is 0 Å². The number of morpholine rings is 1. The summed E-state index contributed by atoms with van der Waals surface area (Å²) in [7, 11) is 1.34. The number of methoxy groups -OCH3 is 1. The molecule has 1 aliphatic rings. The van der Waals surface area contributed by atoms with E-state index < -0.39 is 17.6 Å². The van der Waals surface area contributed by atoms with Crippen LogP contribution >= 0.6 is 23.1 Å². The Bertz CT molecular complexity index is 1210. The van der Waals surface area contributed by atoms with E-state index in [9.17, 15) is 18.4 Å². The summed E-state index contributed by atoms with van der Waals surface area (Å²) in [5.74, 6) is -2.01. The Labute approximate surface area is 215 Å². The van der Waals surface area contributed by atoms with Gasteiger partial charge in [-0.1, -0.05) is 30.0 Å². The monoisotopic (exact) mass is 533 g/mol. The Morgan fingerprint density at radius 1 is 1.22 bits per heavy atom. The van der Waals surface area contributed by atoms with Gasteiger partial charge in [0.05, 0.1) is 36.8 Å². The number of hydrogen-bond donors (Lipinski definition) is 1. The van der Waals surface area contributed by atoms with E-state index in [1.807, 2.05) is 17.5 Å². The highest BCUT2D eigenvalue weighted by Gasteiger charge is 2.21. The third kappa shape index (κ3) is 7.10. The van der Waals surface area contributed by atoms with Gasteiger partial charge in [0.2, 0.25) is 5.91 Å². The molecule has 0 saturated carbocycles. The number of thiazole rings is 1. The Morgan fingerprint density at radius 3 is 2.78 bits per heavy atom. The number of hydrogen-bond acceptors (Lipinski definition) is 8. The van der Waals surface area contributed by atoms with Crippen LogP contribution in [0.15, 0.2) is 52.2 Å². The third-order valence-electron chi connectivity index (χ3n) is 5.55. The Hall–Kier alpha value is -2.86. The van der Waals surface area contributed by atoms with E-state index >= 15 is 0 Å². The molecule has 190 valence electrons. The summed E-state index contributed by atoms with van der Waals surface area (Å²) in [6.07, 6.45) is -0.183. The van der Waals surface area contributed by atoms with Crippen molar-refractivity contribution in [2.24, 2.45) is 0 Å². The highest BCUT2D eigenvalue weighted by molar-refractivity contribution is 8.01. The first-order valence-corrected chi connectivity index (χ1v) is 13.1. The molecule has 11 heteroatoms. The maximum absolute atomic E-state index is 13.5. The number of benzene rings is 2. The van der Waals surface area contributed by atoms with Crippen LogP contribution in [0.3, 0.4) is 0 Å². The number of rotatable bonds is 9. The van der Waals surface area contributed by atoms with Gasteiger partial charge in [0.1, 0.15) is 0 Å². The number of carbonyl (C=O) groups excluding carboxylic acids is 2. The predicted octanol–water partition coefficient (Wildman–Crippen LogP) is 3.98. The highest BCUT2D eigenvalue weighted by atomic mass is 32.2. The van der Waals surface area contributed by atoms with Gasteiger partial charge in [-0.15, -0.1) is 11.3 Å². The van der Waals surface area contributed by atoms with Crippen LogP contribution < -0.4 is 5.32 Å². The van der Waals surface area contributed by atoms with Gasteiger partial charge in [-0.3, -0.25) is 9.69 Å². The predicted molar refractivity (Wildman–Crippen MR) is 134 cm³/mol. The van der Waals surface area contributed by atoms with Crippen molar-refractivity contribution in [3.8, 4) is 11.3 Å². The summed E-state index contributed by atoms with van der Waals surface area (Å²) in [4.78, 5) is 30.6. The van der Waals surface area contributed by atoms with Crippen molar-refractivity contribution < 1.29 is 27.8 Å². The first-order valence-electron chi connectivity index (χ1n) is 11.2. The molecule has 36 heavy (non-hydrogen) atoms. The zero-order valence-electron chi connectivity index (χ0n) is 19.5. The number of amides is 1. The molecule has 1 unspecified atom stereocenters.